The Morgan fingerprint density at radius 2 is 1.32 bits per heavy atom. The van der Waals surface area contributed by atoms with Gasteiger partial charge in [0.05, 0.1) is 4.90 Å². The number of anilines is 2. The molecule has 0 saturated carbocycles. The fraction of sp³-hybridized carbons (Fsp3) is 0.118. The quantitative estimate of drug-likeness (QED) is 0.603. The molecule has 0 bridgehead atoms. The van der Waals surface area contributed by atoms with E-state index in [1.807, 2.05) is 0 Å². The van der Waals surface area contributed by atoms with E-state index >= 15 is 0 Å². The molecule has 0 aliphatic carbocycles. The zero-order valence-corrected chi connectivity index (χ0v) is 17.2. The number of halogens is 1. The molecule has 0 radical (unpaired) electrons. The van der Waals surface area contributed by atoms with Crippen LogP contribution in [0.3, 0.4) is 0 Å². The van der Waals surface area contributed by atoms with Crippen LogP contribution in [-0.4, -0.2) is 22.0 Å². The molecule has 0 spiro atoms. The van der Waals surface area contributed by atoms with Gasteiger partial charge in [-0.2, -0.15) is 0 Å². The minimum Gasteiger partial charge on any atom is -0.360 e. The van der Waals surface area contributed by atoms with E-state index in [1.165, 1.54) is 50.2 Å². The molecule has 1 aromatic heterocycles. The topological polar surface area (TPSA) is 118 Å². The average molecular weight is 442 g/mol. The first-order valence-corrected chi connectivity index (χ1v) is 11.3. The molecule has 8 nitrogen and oxygen atoms in total. The molecule has 0 atom stereocenters. The van der Waals surface area contributed by atoms with Crippen molar-refractivity contribution < 1.29 is 21.4 Å². The first kappa shape index (κ1) is 20.2. The normalized spacial score (nSPS) is 12.0. The van der Waals surface area contributed by atoms with E-state index in [2.05, 4.69) is 14.6 Å². The van der Waals surface area contributed by atoms with Crippen LogP contribution in [0.2, 0.25) is 5.02 Å². The number of hydrogen-bond donors (Lipinski definition) is 2. The third kappa shape index (κ3) is 4.29. The number of benzene rings is 2. The maximum atomic E-state index is 12.5. The standard InChI is InChI=1S/C17H16ClN3O5S2/c1-11-17(12(2)26-19-11)28(24,25)21-15-7-9-16(10-8-15)27(22,23)20-14-5-3-13(18)4-6-14/h3-10,20-21H,1-2H3. The summed E-state index contributed by atoms with van der Waals surface area (Å²) in [5.41, 5.74) is 0.786. The summed E-state index contributed by atoms with van der Waals surface area (Å²) in [6.07, 6.45) is 0. The zero-order valence-electron chi connectivity index (χ0n) is 14.8. The van der Waals surface area contributed by atoms with Crippen LogP contribution in [-0.2, 0) is 20.0 Å². The second-order valence-corrected chi connectivity index (χ2v) is 9.63. The summed E-state index contributed by atoms with van der Waals surface area (Å²) in [5.74, 6) is 0.163. The number of nitrogens with zero attached hydrogens (tertiary/aromatic N) is 1. The van der Waals surface area contributed by atoms with Gasteiger partial charge in [0.25, 0.3) is 20.0 Å². The van der Waals surface area contributed by atoms with Gasteiger partial charge in [0.1, 0.15) is 5.69 Å². The van der Waals surface area contributed by atoms with Crippen molar-refractivity contribution in [3.05, 3.63) is 65.0 Å². The van der Waals surface area contributed by atoms with Crippen LogP contribution in [0, 0.1) is 13.8 Å². The summed E-state index contributed by atoms with van der Waals surface area (Å²) < 4.78 is 59.6. The van der Waals surface area contributed by atoms with Crippen LogP contribution in [0.15, 0.2) is 62.8 Å². The number of aryl methyl sites for hydroxylation is 2. The van der Waals surface area contributed by atoms with E-state index in [4.69, 9.17) is 16.1 Å². The number of aromatic nitrogens is 1. The number of sulfonamides is 2. The first-order chi connectivity index (χ1) is 13.1. The summed E-state index contributed by atoms with van der Waals surface area (Å²) >= 11 is 5.78. The Morgan fingerprint density at radius 1 is 0.821 bits per heavy atom. The molecule has 3 aromatic rings. The monoisotopic (exact) mass is 441 g/mol. The Balaban J connectivity index is 1.80. The van der Waals surface area contributed by atoms with Gasteiger partial charge in [0.15, 0.2) is 10.7 Å². The highest BCUT2D eigenvalue weighted by Gasteiger charge is 2.24. The maximum Gasteiger partial charge on any atom is 0.267 e. The van der Waals surface area contributed by atoms with Crippen molar-refractivity contribution in [2.45, 2.75) is 23.6 Å². The van der Waals surface area contributed by atoms with Gasteiger partial charge in [-0.1, -0.05) is 16.8 Å². The Kier molecular flexibility index (Phi) is 5.37. The molecule has 11 heteroatoms. The smallest absolute Gasteiger partial charge is 0.267 e. The lowest BCUT2D eigenvalue weighted by Gasteiger charge is -2.10. The van der Waals surface area contributed by atoms with Gasteiger partial charge in [-0.15, -0.1) is 0 Å². The van der Waals surface area contributed by atoms with E-state index < -0.39 is 20.0 Å². The van der Waals surface area contributed by atoms with Crippen molar-refractivity contribution in [3.63, 3.8) is 0 Å². The Bertz CT molecular complexity index is 1180. The summed E-state index contributed by atoms with van der Waals surface area (Å²) in [4.78, 5) is -0.0728. The summed E-state index contributed by atoms with van der Waals surface area (Å²) in [7, 11) is -7.75. The molecule has 1 heterocycles. The molecule has 2 N–H and O–H groups in total. The van der Waals surface area contributed by atoms with Crippen LogP contribution >= 0.6 is 11.6 Å². The van der Waals surface area contributed by atoms with Gasteiger partial charge in [0.2, 0.25) is 0 Å². The zero-order chi connectivity index (χ0) is 20.5. The summed E-state index contributed by atoms with van der Waals surface area (Å²) in [6.45, 7) is 3.01. The highest BCUT2D eigenvalue weighted by Crippen LogP contribution is 2.24. The molecule has 0 saturated heterocycles. The highest BCUT2D eigenvalue weighted by molar-refractivity contribution is 7.93. The number of rotatable bonds is 6. The van der Waals surface area contributed by atoms with Crippen LogP contribution in [0.5, 0.6) is 0 Å². The van der Waals surface area contributed by atoms with Crippen molar-refractivity contribution in [3.8, 4) is 0 Å². The Labute approximate surface area is 167 Å². The van der Waals surface area contributed by atoms with Gasteiger partial charge in [0, 0.05) is 16.4 Å². The van der Waals surface area contributed by atoms with Crippen molar-refractivity contribution in [2.24, 2.45) is 0 Å². The Morgan fingerprint density at radius 3 is 1.82 bits per heavy atom. The summed E-state index contributed by atoms with van der Waals surface area (Å²) in [5, 5.41) is 4.11. The lowest BCUT2D eigenvalue weighted by Crippen LogP contribution is -2.15. The van der Waals surface area contributed by atoms with Gasteiger partial charge in [-0.05, 0) is 62.4 Å². The average Bonchev–Trinajstić information content (AvgIpc) is 2.96. The molecule has 3 rings (SSSR count). The van der Waals surface area contributed by atoms with Gasteiger partial charge >= 0.3 is 0 Å². The van der Waals surface area contributed by atoms with Crippen LogP contribution in [0.1, 0.15) is 11.5 Å². The lowest BCUT2D eigenvalue weighted by atomic mass is 10.3. The van der Waals surface area contributed by atoms with Gasteiger partial charge in [-0.25, -0.2) is 16.8 Å². The van der Waals surface area contributed by atoms with Crippen molar-refractivity contribution in [1.29, 1.82) is 0 Å². The molecule has 2 aromatic carbocycles. The molecule has 0 aliphatic rings. The second-order valence-electron chi connectivity index (χ2n) is 5.90. The minimum absolute atomic E-state index is 0.0252. The number of hydrogen-bond acceptors (Lipinski definition) is 6. The van der Waals surface area contributed by atoms with E-state index in [1.54, 1.807) is 12.1 Å². The van der Waals surface area contributed by atoms with E-state index in [0.717, 1.165) is 0 Å². The molecule has 28 heavy (non-hydrogen) atoms. The van der Waals surface area contributed by atoms with E-state index in [9.17, 15) is 16.8 Å². The third-order valence-electron chi connectivity index (χ3n) is 3.75. The first-order valence-electron chi connectivity index (χ1n) is 7.93. The Hall–Kier alpha value is -2.56. The highest BCUT2D eigenvalue weighted by atomic mass is 35.5. The third-order valence-corrected chi connectivity index (χ3v) is 7.02. The maximum absolute atomic E-state index is 12.5. The number of nitrogens with one attached hydrogen (secondary N) is 2. The minimum atomic E-state index is -3.92. The molecule has 148 valence electrons. The summed E-state index contributed by atoms with van der Waals surface area (Å²) in [6, 6.07) is 11.5. The molecular weight excluding hydrogens is 426 g/mol. The fourth-order valence-corrected chi connectivity index (χ4v) is 5.07. The second kappa shape index (κ2) is 7.46. The van der Waals surface area contributed by atoms with Crippen LogP contribution < -0.4 is 9.44 Å². The molecule has 0 fully saturated rings. The molecule has 0 amide bonds. The fourth-order valence-electron chi connectivity index (χ4n) is 2.50. The van der Waals surface area contributed by atoms with E-state index in [-0.39, 0.29) is 26.9 Å². The predicted molar refractivity (Wildman–Crippen MR) is 105 cm³/mol. The van der Waals surface area contributed by atoms with Crippen LogP contribution in [0.25, 0.3) is 0 Å². The van der Waals surface area contributed by atoms with Crippen LogP contribution in [0.4, 0.5) is 11.4 Å². The van der Waals surface area contributed by atoms with Crippen molar-refractivity contribution in [1.82, 2.24) is 5.16 Å². The van der Waals surface area contributed by atoms with E-state index in [0.29, 0.717) is 10.7 Å². The SMILES string of the molecule is Cc1noc(C)c1S(=O)(=O)Nc1ccc(S(=O)(=O)Nc2ccc(Cl)cc2)cc1. The predicted octanol–water partition coefficient (Wildman–Crippen LogP) is 3.55. The molecule has 0 unspecified atom stereocenters. The van der Waals surface area contributed by atoms with Gasteiger partial charge in [-0.3, -0.25) is 9.44 Å². The van der Waals surface area contributed by atoms with Gasteiger partial charge < -0.3 is 4.52 Å². The van der Waals surface area contributed by atoms with Crippen molar-refractivity contribution >= 4 is 43.0 Å². The lowest BCUT2D eigenvalue weighted by molar-refractivity contribution is 0.390. The largest absolute Gasteiger partial charge is 0.360 e. The molecule has 0 aliphatic heterocycles. The van der Waals surface area contributed by atoms with Crippen molar-refractivity contribution in [2.75, 3.05) is 9.44 Å². The molecular formula is C17H16ClN3O5S2.